The fraction of sp³-hybridized carbons (Fsp3) is 0. The first kappa shape index (κ1) is 7.51. The van der Waals surface area contributed by atoms with Gasteiger partial charge in [0.1, 0.15) is 0 Å². The predicted octanol–water partition coefficient (Wildman–Crippen LogP) is 2.53. The van der Waals surface area contributed by atoms with Crippen LogP contribution >= 0.6 is 22.9 Å². The maximum Gasteiger partial charge on any atom is 0.245 e. The van der Waals surface area contributed by atoms with Crippen molar-refractivity contribution >= 4 is 34.3 Å². The fourth-order valence-corrected chi connectivity index (χ4v) is 1.21. The molecular formula is C7H5ClOS. The minimum absolute atomic E-state index is 0.437. The van der Waals surface area contributed by atoms with Gasteiger partial charge in [-0.15, -0.1) is 11.3 Å². The zero-order valence-electron chi connectivity index (χ0n) is 5.08. The van der Waals surface area contributed by atoms with E-state index in [9.17, 15) is 4.79 Å². The van der Waals surface area contributed by atoms with Gasteiger partial charge in [0.2, 0.25) is 5.24 Å². The van der Waals surface area contributed by atoms with Crippen LogP contribution in [-0.4, -0.2) is 5.24 Å². The normalized spacial score (nSPS) is 10.5. The molecule has 0 atom stereocenters. The molecule has 0 N–H and O–H groups in total. The SMILES string of the molecule is O=C(Cl)C=Cc1cccs1. The molecule has 0 aromatic carbocycles. The van der Waals surface area contributed by atoms with E-state index in [4.69, 9.17) is 11.6 Å². The third kappa shape index (κ3) is 2.33. The summed E-state index contributed by atoms with van der Waals surface area (Å²) in [7, 11) is 0. The second-order valence-corrected chi connectivity index (χ2v) is 3.00. The Morgan fingerprint density at radius 3 is 3.00 bits per heavy atom. The van der Waals surface area contributed by atoms with E-state index >= 15 is 0 Å². The highest BCUT2D eigenvalue weighted by Crippen LogP contribution is 2.10. The number of allylic oxidation sites excluding steroid dienone is 1. The summed E-state index contributed by atoms with van der Waals surface area (Å²) >= 11 is 6.64. The lowest BCUT2D eigenvalue weighted by Crippen LogP contribution is -1.72. The summed E-state index contributed by atoms with van der Waals surface area (Å²) in [4.78, 5) is 11.3. The molecule has 0 amide bonds. The molecular weight excluding hydrogens is 168 g/mol. The monoisotopic (exact) mass is 172 g/mol. The van der Waals surface area contributed by atoms with Gasteiger partial charge in [-0.2, -0.15) is 0 Å². The van der Waals surface area contributed by atoms with Gasteiger partial charge in [-0.1, -0.05) is 6.07 Å². The highest BCUT2D eigenvalue weighted by Gasteiger charge is 1.87. The van der Waals surface area contributed by atoms with Crippen molar-refractivity contribution in [1.82, 2.24) is 0 Å². The average molecular weight is 173 g/mol. The summed E-state index contributed by atoms with van der Waals surface area (Å²) < 4.78 is 0. The summed E-state index contributed by atoms with van der Waals surface area (Å²) in [5, 5.41) is 1.51. The van der Waals surface area contributed by atoms with Crippen LogP contribution in [0.25, 0.3) is 6.08 Å². The van der Waals surface area contributed by atoms with Crippen molar-refractivity contribution in [2.75, 3.05) is 0 Å². The summed E-state index contributed by atoms with van der Waals surface area (Å²) in [6.07, 6.45) is 3.04. The molecule has 1 nitrogen and oxygen atoms in total. The van der Waals surface area contributed by atoms with Crippen LogP contribution in [0.2, 0.25) is 0 Å². The van der Waals surface area contributed by atoms with Crippen LogP contribution in [0, 0.1) is 0 Å². The van der Waals surface area contributed by atoms with Crippen LogP contribution in [0.5, 0.6) is 0 Å². The summed E-state index contributed by atoms with van der Waals surface area (Å²) in [5.41, 5.74) is 0. The lowest BCUT2D eigenvalue weighted by molar-refractivity contribution is -0.107. The Hall–Kier alpha value is -0.600. The lowest BCUT2D eigenvalue weighted by Gasteiger charge is -1.77. The first-order valence-electron chi connectivity index (χ1n) is 2.70. The minimum Gasteiger partial charge on any atom is -0.276 e. The van der Waals surface area contributed by atoms with E-state index in [1.807, 2.05) is 17.5 Å². The van der Waals surface area contributed by atoms with Crippen LogP contribution in [-0.2, 0) is 4.79 Å². The van der Waals surface area contributed by atoms with Gasteiger partial charge < -0.3 is 0 Å². The number of thiophene rings is 1. The number of halogens is 1. The molecule has 0 radical (unpaired) electrons. The lowest BCUT2D eigenvalue weighted by atomic mass is 10.4. The van der Waals surface area contributed by atoms with Crippen molar-refractivity contribution in [2.45, 2.75) is 0 Å². The Balaban J connectivity index is 2.64. The molecule has 1 heterocycles. The zero-order chi connectivity index (χ0) is 7.40. The highest BCUT2D eigenvalue weighted by molar-refractivity contribution is 7.10. The van der Waals surface area contributed by atoms with Gasteiger partial charge in [-0.3, -0.25) is 4.79 Å². The third-order valence-corrected chi connectivity index (χ3v) is 1.89. The first-order valence-corrected chi connectivity index (χ1v) is 3.96. The standard InChI is InChI=1S/C7H5ClOS/c8-7(9)4-3-6-2-1-5-10-6/h1-5H. The molecule has 0 aliphatic heterocycles. The van der Waals surface area contributed by atoms with Crippen LogP contribution < -0.4 is 0 Å². The number of hydrogen-bond donors (Lipinski definition) is 0. The number of rotatable bonds is 2. The minimum atomic E-state index is -0.437. The maximum absolute atomic E-state index is 10.2. The molecule has 0 aliphatic carbocycles. The second kappa shape index (κ2) is 3.54. The molecule has 3 heteroatoms. The Morgan fingerprint density at radius 2 is 2.50 bits per heavy atom. The molecule has 0 bridgehead atoms. The number of carbonyl (C=O) groups is 1. The Bertz CT molecular complexity index is 238. The van der Waals surface area contributed by atoms with Crippen molar-refractivity contribution in [1.29, 1.82) is 0 Å². The van der Waals surface area contributed by atoms with E-state index in [-0.39, 0.29) is 0 Å². The van der Waals surface area contributed by atoms with Gasteiger partial charge >= 0.3 is 0 Å². The van der Waals surface area contributed by atoms with E-state index < -0.39 is 5.24 Å². The summed E-state index contributed by atoms with van der Waals surface area (Å²) in [5.74, 6) is 0. The molecule has 1 aromatic rings. The van der Waals surface area contributed by atoms with Gasteiger partial charge in [0.15, 0.2) is 0 Å². The average Bonchev–Trinajstić information content (AvgIpc) is 2.34. The van der Waals surface area contributed by atoms with Gasteiger partial charge in [0, 0.05) is 4.88 Å². The van der Waals surface area contributed by atoms with Crippen LogP contribution in [0.15, 0.2) is 23.6 Å². The van der Waals surface area contributed by atoms with Crippen LogP contribution in [0.3, 0.4) is 0 Å². The Kier molecular flexibility index (Phi) is 2.66. The Labute approximate surface area is 67.9 Å². The molecule has 0 aliphatic rings. The van der Waals surface area contributed by atoms with Crippen LogP contribution in [0.4, 0.5) is 0 Å². The molecule has 10 heavy (non-hydrogen) atoms. The van der Waals surface area contributed by atoms with Gasteiger partial charge in [0.25, 0.3) is 0 Å². The van der Waals surface area contributed by atoms with Crippen molar-refractivity contribution in [3.05, 3.63) is 28.5 Å². The van der Waals surface area contributed by atoms with Gasteiger partial charge in [-0.05, 0) is 35.2 Å². The topological polar surface area (TPSA) is 17.1 Å². The van der Waals surface area contributed by atoms with Crippen molar-refractivity contribution < 1.29 is 4.79 Å². The van der Waals surface area contributed by atoms with Gasteiger partial charge in [-0.25, -0.2) is 0 Å². The second-order valence-electron chi connectivity index (χ2n) is 1.65. The smallest absolute Gasteiger partial charge is 0.245 e. The van der Waals surface area contributed by atoms with E-state index in [0.29, 0.717) is 0 Å². The van der Waals surface area contributed by atoms with E-state index in [2.05, 4.69) is 0 Å². The van der Waals surface area contributed by atoms with E-state index in [0.717, 1.165) is 4.88 Å². The molecule has 0 unspecified atom stereocenters. The molecule has 0 saturated carbocycles. The predicted molar refractivity (Wildman–Crippen MR) is 44.2 cm³/mol. The fourth-order valence-electron chi connectivity index (χ4n) is 0.534. The largest absolute Gasteiger partial charge is 0.276 e. The summed E-state index contributed by atoms with van der Waals surface area (Å²) in [6, 6.07) is 3.84. The Morgan fingerprint density at radius 1 is 1.70 bits per heavy atom. The molecule has 1 aromatic heterocycles. The van der Waals surface area contributed by atoms with Crippen LogP contribution in [0.1, 0.15) is 4.88 Å². The summed E-state index contributed by atoms with van der Waals surface area (Å²) in [6.45, 7) is 0. The number of carbonyl (C=O) groups excluding carboxylic acids is 1. The first-order chi connectivity index (χ1) is 4.79. The highest BCUT2D eigenvalue weighted by atomic mass is 35.5. The zero-order valence-corrected chi connectivity index (χ0v) is 6.65. The van der Waals surface area contributed by atoms with Crippen molar-refractivity contribution in [3.63, 3.8) is 0 Å². The molecule has 0 spiro atoms. The molecule has 0 fully saturated rings. The molecule has 0 saturated heterocycles. The quantitative estimate of drug-likeness (QED) is 0.495. The van der Waals surface area contributed by atoms with Gasteiger partial charge in [0.05, 0.1) is 0 Å². The molecule has 1 rings (SSSR count). The van der Waals surface area contributed by atoms with Crippen molar-refractivity contribution in [2.24, 2.45) is 0 Å². The number of hydrogen-bond acceptors (Lipinski definition) is 2. The molecule has 52 valence electrons. The third-order valence-electron chi connectivity index (χ3n) is 0.922. The van der Waals surface area contributed by atoms with Crippen molar-refractivity contribution in [3.8, 4) is 0 Å². The van der Waals surface area contributed by atoms with E-state index in [1.165, 1.54) is 6.08 Å². The van der Waals surface area contributed by atoms with E-state index in [1.54, 1.807) is 17.4 Å². The maximum atomic E-state index is 10.2.